The van der Waals surface area contributed by atoms with Crippen molar-refractivity contribution in [1.82, 2.24) is 4.57 Å². The van der Waals surface area contributed by atoms with Gasteiger partial charge in [-0.1, -0.05) is 35.0 Å². The molecule has 112 valence electrons. The molecule has 3 rings (SSSR count). The van der Waals surface area contributed by atoms with Gasteiger partial charge in [0.2, 0.25) is 0 Å². The highest BCUT2D eigenvalue weighted by molar-refractivity contribution is 7.99. The van der Waals surface area contributed by atoms with Gasteiger partial charge in [0.1, 0.15) is 5.69 Å². The number of halogens is 1. The standard InChI is InChI=1S/C17H14ClNO2S/c1-10-3-8-14-13(9-10)16(15(17(20)21)19(14)2)22-12-6-4-11(18)5-7-12/h3-9H,1-2H3,(H,20,21). The number of rotatable bonds is 3. The third-order valence-electron chi connectivity index (χ3n) is 3.54. The summed E-state index contributed by atoms with van der Waals surface area (Å²) in [5.74, 6) is -0.923. The van der Waals surface area contributed by atoms with Crippen molar-refractivity contribution < 1.29 is 9.90 Å². The molecule has 0 aliphatic rings. The SMILES string of the molecule is Cc1ccc2c(c1)c(Sc1ccc(Cl)cc1)c(C(=O)O)n2C. The minimum atomic E-state index is -0.923. The second kappa shape index (κ2) is 5.71. The first-order valence-corrected chi connectivity index (χ1v) is 7.92. The first-order chi connectivity index (χ1) is 10.5. The Labute approximate surface area is 137 Å². The van der Waals surface area contributed by atoms with Gasteiger partial charge < -0.3 is 9.67 Å². The largest absolute Gasteiger partial charge is 0.477 e. The Bertz CT molecular complexity index is 868. The van der Waals surface area contributed by atoms with Crippen LogP contribution in [0.1, 0.15) is 16.1 Å². The summed E-state index contributed by atoms with van der Waals surface area (Å²) in [5, 5.41) is 11.2. The van der Waals surface area contributed by atoms with Gasteiger partial charge in [0.05, 0.1) is 4.90 Å². The molecule has 0 saturated heterocycles. The molecule has 3 aromatic rings. The molecule has 22 heavy (non-hydrogen) atoms. The first-order valence-electron chi connectivity index (χ1n) is 6.73. The van der Waals surface area contributed by atoms with Gasteiger partial charge in [-0.25, -0.2) is 4.79 Å². The number of aromatic nitrogens is 1. The first kappa shape index (κ1) is 15.0. The summed E-state index contributed by atoms with van der Waals surface area (Å²) >= 11 is 7.36. The molecule has 0 radical (unpaired) electrons. The number of aryl methyl sites for hydroxylation is 2. The lowest BCUT2D eigenvalue weighted by Gasteiger charge is -2.04. The maximum atomic E-state index is 11.7. The lowest BCUT2D eigenvalue weighted by Crippen LogP contribution is -2.05. The zero-order valence-electron chi connectivity index (χ0n) is 12.1. The van der Waals surface area contributed by atoms with Crippen LogP contribution in [0, 0.1) is 6.92 Å². The molecule has 0 fully saturated rings. The third-order valence-corrected chi connectivity index (χ3v) is 4.92. The number of hydrogen-bond donors (Lipinski definition) is 1. The fourth-order valence-electron chi connectivity index (χ4n) is 2.49. The van der Waals surface area contributed by atoms with E-state index >= 15 is 0 Å². The third kappa shape index (κ3) is 2.60. The van der Waals surface area contributed by atoms with Gasteiger partial charge in [-0.2, -0.15) is 0 Å². The van der Waals surface area contributed by atoms with Gasteiger partial charge in [-0.05, 0) is 43.3 Å². The predicted molar refractivity (Wildman–Crippen MR) is 90.2 cm³/mol. The molecule has 0 bridgehead atoms. The molecular formula is C17H14ClNO2S. The number of hydrogen-bond acceptors (Lipinski definition) is 2. The number of nitrogens with zero attached hydrogens (tertiary/aromatic N) is 1. The highest BCUT2D eigenvalue weighted by atomic mass is 35.5. The molecule has 1 N–H and O–H groups in total. The lowest BCUT2D eigenvalue weighted by atomic mass is 10.2. The zero-order valence-corrected chi connectivity index (χ0v) is 13.7. The van der Waals surface area contributed by atoms with Crippen molar-refractivity contribution in [1.29, 1.82) is 0 Å². The van der Waals surface area contributed by atoms with Crippen molar-refractivity contribution in [2.24, 2.45) is 7.05 Å². The fourth-order valence-corrected chi connectivity index (χ4v) is 3.72. The lowest BCUT2D eigenvalue weighted by molar-refractivity contribution is 0.0683. The molecule has 0 spiro atoms. The van der Waals surface area contributed by atoms with Crippen molar-refractivity contribution in [2.75, 3.05) is 0 Å². The van der Waals surface area contributed by atoms with Gasteiger partial charge in [-0.15, -0.1) is 0 Å². The summed E-state index contributed by atoms with van der Waals surface area (Å²) in [6.07, 6.45) is 0. The van der Waals surface area contributed by atoms with E-state index in [1.807, 2.05) is 37.3 Å². The summed E-state index contributed by atoms with van der Waals surface area (Å²) < 4.78 is 1.73. The van der Waals surface area contributed by atoms with Crippen LogP contribution in [0.15, 0.2) is 52.3 Å². The summed E-state index contributed by atoms with van der Waals surface area (Å²) in [6.45, 7) is 2.00. The summed E-state index contributed by atoms with van der Waals surface area (Å²) in [5.41, 5.74) is 2.33. The Balaban J connectivity index is 2.21. The van der Waals surface area contributed by atoms with Crippen LogP contribution >= 0.6 is 23.4 Å². The average Bonchev–Trinajstić information content (AvgIpc) is 2.74. The summed E-state index contributed by atoms with van der Waals surface area (Å²) in [6, 6.07) is 13.4. The summed E-state index contributed by atoms with van der Waals surface area (Å²) in [7, 11) is 1.78. The predicted octanol–water partition coefficient (Wildman–Crippen LogP) is 4.99. The number of aromatic carboxylic acids is 1. The Kier molecular flexibility index (Phi) is 3.89. The van der Waals surface area contributed by atoms with Crippen LogP contribution in [0.2, 0.25) is 5.02 Å². The Hall–Kier alpha value is -1.91. The van der Waals surface area contributed by atoms with Crippen molar-refractivity contribution in [3.63, 3.8) is 0 Å². The van der Waals surface area contributed by atoms with E-state index in [1.165, 1.54) is 11.8 Å². The van der Waals surface area contributed by atoms with Crippen molar-refractivity contribution >= 4 is 40.2 Å². The fraction of sp³-hybridized carbons (Fsp3) is 0.118. The number of carbonyl (C=O) groups is 1. The molecule has 5 heteroatoms. The molecule has 2 aromatic carbocycles. The smallest absolute Gasteiger partial charge is 0.353 e. The molecule has 0 aliphatic heterocycles. The molecule has 3 nitrogen and oxygen atoms in total. The molecule has 1 heterocycles. The van der Waals surface area contributed by atoms with Crippen LogP contribution < -0.4 is 0 Å². The number of fused-ring (bicyclic) bond motifs is 1. The molecule has 0 aliphatic carbocycles. The van der Waals surface area contributed by atoms with Gasteiger partial charge >= 0.3 is 5.97 Å². The molecule has 0 atom stereocenters. The van der Waals surface area contributed by atoms with E-state index in [0.29, 0.717) is 10.7 Å². The Morgan fingerprint density at radius 1 is 1.18 bits per heavy atom. The normalized spacial score (nSPS) is 11.0. The molecular weight excluding hydrogens is 318 g/mol. The number of benzene rings is 2. The van der Waals surface area contributed by atoms with E-state index in [2.05, 4.69) is 0 Å². The second-order valence-electron chi connectivity index (χ2n) is 5.12. The highest BCUT2D eigenvalue weighted by Gasteiger charge is 2.21. The topological polar surface area (TPSA) is 42.2 Å². The van der Waals surface area contributed by atoms with Crippen LogP contribution in [-0.2, 0) is 7.05 Å². The van der Waals surface area contributed by atoms with Gasteiger partial charge in [0.25, 0.3) is 0 Å². The Morgan fingerprint density at radius 3 is 2.50 bits per heavy atom. The average molecular weight is 332 g/mol. The van der Waals surface area contributed by atoms with Crippen LogP contribution in [0.25, 0.3) is 10.9 Å². The van der Waals surface area contributed by atoms with Gasteiger partial charge in [0.15, 0.2) is 0 Å². The van der Waals surface area contributed by atoms with Crippen molar-refractivity contribution in [2.45, 2.75) is 16.7 Å². The van der Waals surface area contributed by atoms with E-state index in [9.17, 15) is 9.90 Å². The minimum Gasteiger partial charge on any atom is -0.477 e. The van der Waals surface area contributed by atoms with E-state index in [1.54, 1.807) is 23.7 Å². The van der Waals surface area contributed by atoms with Crippen molar-refractivity contribution in [3.8, 4) is 0 Å². The molecule has 0 amide bonds. The molecule has 0 saturated carbocycles. The van der Waals surface area contributed by atoms with E-state index in [4.69, 9.17) is 11.6 Å². The monoisotopic (exact) mass is 331 g/mol. The van der Waals surface area contributed by atoms with E-state index in [-0.39, 0.29) is 0 Å². The van der Waals surface area contributed by atoms with Gasteiger partial charge in [0, 0.05) is 27.9 Å². The molecule has 1 aromatic heterocycles. The van der Waals surface area contributed by atoms with Crippen LogP contribution in [0.5, 0.6) is 0 Å². The summed E-state index contributed by atoms with van der Waals surface area (Å²) in [4.78, 5) is 13.4. The zero-order chi connectivity index (χ0) is 15.9. The van der Waals surface area contributed by atoms with Crippen molar-refractivity contribution in [3.05, 3.63) is 58.7 Å². The molecule has 0 unspecified atom stereocenters. The van der Waals surface area contributed by atoms with Gasteiger partial charge in [-0.3, -0.25) is 0 Å². The minimum absolute atomic E-state index is 0.306. The Morgan fingerprint density at radius 2 is 1.86 bits per heavy atom. The quantitative estimate of drug-likeness (QED) is 0.735. The highest BCUT2D eigenvalue weighted by Crippen LogP contribution is 2.38. The van der Waals surface area contributed by atoms with Crippen LogP contribution in [-0.4, -0.2) is 15.6 Å². The maximum absolute atomic E-state index is 11.7. The van der Waals surface area contributed by atoms with E-state index in [0.717, 1.165) is 26.3 Å². The van der Waals surface area contributed by atoms with E-state index < -0.39 is 5.97 Å². The maximum Gasteiger partial charge on any atom is 0.353 e. The second-order valence-corrected chi connectivity index (χ2v) is 6.64. The number of carboxylic acids is 1. The van der Waals surface area contributed by atoms with Crippen LogP contribution in [0.4, 0.5) is 0 Å². The van der Waals surface area contributed by atoms with Crippen LogP contribution in [0.3, 0.4) is 0 Å². The number of carboxylic acid groups (broad SMARTS) is 1.